The molecule has 0 bridgehead atoms. The molecule has 0 saturated heterocycles. The second-order valence-corrected chi connectivity index (χ2v) is 6.65. The molecule has 1 aliphatic rings. The topological polar surface area (TPSA) is 95.2 Å². The minimum absolute atomic E-state index is 0.0183. The lowest BCUT2D eigenvalue weighted by Gasteiger charge is -2.05. The Hall–Kier alpha value is -1.58. The highest BCUT2D eigenvalue weighted by atomic mass is 35.5. The van der Waals surface area contributed by atoms with Crippen molar-refractivity contribution in [3.8, 4) is 6.07 Å². The van der Waals surface area contributed by atoms with Crippen molar-refractivity contribution in [1.82, 2.24) is 0 Å². The van der Waals surface area contributed by atoms with Gasteiger partial charge in [-0.1, -0.05) is 11.6 Å². The van der Waals surface area contributed by atoms with Gasteiger partial charge in [0.15, 0.2) is 15.3 Å². The summed E-state index contributed by atoms with van der Waals surface area (Å²) >= 11 is 5.65. The van der Waals surface area contributed by atoms with Gasteiger partial charge >= 0.3 is 5.97 Å². The van der Waals surface area contributed by atoms with Gasteiger partial charge in [-0.2, -0.15) is 5.26 Å². The Kier molecular flexibility index (Phi) is 2.84. The quantitative estimate of drug-likeness (QED) is 0.907. The van der Waals surface area contributed by atoms with Crippen LogP contribution in [0, 0.1) is 16.7 Å². The van der Waals surface area contributed by atoms with E-state index < -0.39 is 26.5 Å². The molecule has 0 heterocycles. The van der Waals surface area contributed by atoms with Gasteiger partial charge in [-0.15, -0.1) is 0 Å². The number of hydrogen-bond acceptors (Lipinski definition) is 4. The third kappa shape index (κ3) is 1.76. The molecule has 0 spiro atoms. The van der Waals surface area contributed by atoms with E-state index in [-0.39, 0.29) is 11.3 Å². The van der Waals surface area contributed by atoms with Gasteiger partial charge < -0.3 is 5.11 Å². The number of carboxylic acids is 1. The molecule has 1 aromatic rings. The number of sulfone groups is 1. The summed E-state index contributed by atoms with van der Waals surface area (Å²) < 4.78 is 24.3. The zero-order valence-electron chi connectivity index (χ0n) is 9.00. The van der Waals surface area contributed by atoms with E-state index in [0.717, 1.165) is 0 Å². The Labute approximate surface area is 109 Å². The second-order valence-electron chi connectivity index (χ2n) is 4.08. The van der Waals surface area contributed by atoms with E-state index in [2.05, 4.69) is 0 Å². The summed E-state index contributed by atoms with van der Waals surface area (Å²) in [5, 5.41) is 17.0. The predicted molar refractivity (Wildman–Crippen MR) is 62.7 cm³/mol. The minimum Gasteiger partial charge on any atom is -0.480 e. The van der Waals surface area contributed by atoms with Crippen LogP contribution < -0.4 is 0 Å². The maximum absolute atomic E-state index is 12.1. The highest BCUT2D eigenvalue weighted by molar-refractivity contribution is 7.92. The molecule has 0 aromatic heterocycles. The number of nitriles is 1. The van der Waals surface area contributed by atoms with Crippen molar-refractivity contribution in [2.24, 2.45) is 5.41 Å². The average Bonchev–Trinajstić information content (AvgIpc) is 3.06. The van der Waals surface area contributed by atoms with E-state index in [1.165, 1.54) is 24.3 Å². The maximum Gasteiger partial charge on any atom is 0.325 e. The first-order valence-electron chi connectivity index (χ1n) is 4.99. The van der Waals surface area contributed by atoms with Crippen molar-refractivity contribution in [1.29, 1.82) is 5.26 Å². The summed E-state index contributed by atoms with van der Waals surface area (Å²) in [7, 11) is -3.81. The molecule has 2 atom stereocenters. The van der Waals surface area contributed by atoms with E-state index >= 15 is 0 Å². The summed E-state index contributed by atoms with van der Waals surface area (Å²) in [4.78, 5) is 10.9. The van der Waals surface area contributed by atoms with Crippen molar-refractivity contribution in [2.45, 2.75) is 16.6 Å². The zero-order chi connectivity index (χ0) is 13.6. The molecule has 94 valence electrons. The zero-order valence-corrected chi connectivity index (χ0v) is 10.6. The number of benzene rings is 1. The van der Waals surface area contributed by atoms with Gasteiger partial charge in [0, 0.05) is 5.02 Å². The summed E-state index contributed by atoms with van der Waals surface area (Å²) in [6, 6.07) is 7.01. The largest absolute Gasteiger partial charge is 0.480 e. The predicted octanol–water partition coefficient (Wildman–Crippen LogP) is 1.48. The number of rotatable bonds is 3. The minimum atomic E-state index is -3.81. The fourth-order valence-corrected chi connectivity index (χ4v) is 3.92. The van der Waals surface area contributed by atoms with Gasteiger partial charge in [0.05, 0.1) is 16.2 Å². The molecule has 1 aliphatic carbocycles. The van der Waals surface area contributed by atoms with Gasteiger partial charge in [-0.05, 0) is 30.7 Å². The Morgan fingerprint density at radius 2 is 2.00 bits per heavy atom. The fourth-order valence-electron chi connectivity index (χ4n) is 1.79. The van der Waals surface area contributed by atoms with Crippen LogP contribution in [-0.2, 0) is 14.6 Å². The van der Waals surface area contributed by atoms with E-state index in [9.17, 15) is 13.2 Å². The first kappa shape index (κ1) is 12.9. The molecule has 0 amide bonds. The third-order valence-electron chi connectivity index (χ3n) is 2.99. The van der Waals surface area contributed by atoms with Crippen LogP contribution in [0.2, 0.25) is 5.02 Å². The van der Waals surface area contributed by atoms with Crippen LogP contribution in [0.15, 0.2) is 29.2 Å². The van der Waals surface area contributed by atoms with Crippen LogP contribution in [0.25, 0.3) is 0 Å². The van der Waals surface area contributed by atoms with Crippen LogP contribution in [0.3, 0.4) is 0 Å². The molecule has 0 radical (unpaired) electrons. The first-order valence-corrected chi connectivity index (χ1v) is 6.91. The molecule has 2 rings (SSSR count). The fraction of sp³-hybridized carbons (Fsp3) is 0.273. The molecule has 1 N–H and O–H groups in total. The number of nitrogens with zero attached hydrogens (tertiary/aromatic N) is 1. The molecule has 1 fully saturated rings. The first-order chi connectivity index (χ1) is 8.34. The SMILES string of the molecule is N#CC1(C(=O)O)CC1S(=O)(=O)c1ccc(Cl)cc1. The van der Waals surface area contributed by atoms with Gasteiger partial charge in [0.2, 0.25) is 0 Å². The number of hydrogen-bond donors (Lipinski definition) is 1. The Morgan fingerprint density at radius 1 is 1.44 bits per heavy atom. The number of carboxylic acid groups (broad SMARTS) is 1. The Balaban J connectivity index is 2.39. The third-order valence-corrected chi connectivity index (χ3v) is 5.49. The summed E-state index contributed by atoms with van der Waals surface area (Å²) in [6.07, 6.45) is -0.177. The highest BCUT2D eigenvalue weighted by Gasteiger charge is 2.68. The molecule has 0 aliphatic heterocycles. The molecule has 5 nitrogen and oxygen atoms in total. The van der Waals surface area contributed by atoms with Crippen molar-refractivity contribution < 1.29 is 18.3 Å². The van der Waals surface area contributed by atoms with E-state index in [0.29, 0.717) is 5.02 Å². The molecule has 18 heavy (non-hydrogen) atoms. The molecule has 7 heteroatoms. The molecule has 1 aromatic carbocycles. The van der Waals surface area contributed by atoms with E-state index in [4.69, 9.17) is 22.0 Å². The molecule has 1 saturated carbocycles. The number of carbonyl (C=O) groups is 1. The average molecular weight is 286 g/mol. The van der Waals surface area contributed by atoms with Crippen LogP contribution in [0.4, 0.5) is 0 Å². The van der Waals surface area contributed by atoms with Crippen molar-refractivity contribution in [3.05, 3.63) is 29.3 Å². The molecule has 2 unspecified atom stereocenters. The van der Waals surface area contributed by atoms with Gasteiger partial charge in [0.1, 0.15) is 0 Å². The monoisotopic (exact) mass is 285 g/mol. The summed E-state index contributed by atoms with van der Waals surface area (Å²) in [5.41, 5.74) is -1.81. The normalized spacial score (nSPS) is 26.3. The summed E-state index contributed by atoms with van der Waals surface area (Å²) in [5.74, 6) is -1.40. The maximum atomic E-state index is 12.1. The van der Waals surface area contributed by atoms with Gasteiger partial charge in [0.25, 0.3) is 0 Å². The lowest BCUT2D eigenvalue weighted by atomic mass is 10.1. The summed E-state index contributed by atoms with van der Waals surface area (Å²) in [6.45, 7) is 0. The smallest absolute Gasteiger partial charge is 0.325 e. The van der Waals surface area contributed by atoms with Crippen LogP contribution in [-0.4, -0.2) is 24.7 Å². The van der Waals surface area contributed by atoms with Crippen LogP contribution in [0.1, 0.15) is 6.42 Å². The standard InChI is InChI=1S/C11H8ClNO4S/c12-7-1-3-8(4-2-7)18(16,17)9-5-11(9,6-13)10(14)15/h1-4,9H,5H2,(H,14,15). The van der Waals surface area contributed by atoms with Gasteiger partial charge in [-0.25, -0.2) is 8.42 Å². The Bertz CT molecular complexity index is 647. The van der Waals surface area contributed by atoms with Crippen molar-refractivity contribution in [2.75, 3.05) is 0 Å². The number of halogens is 1. The second kappa shape index (κ2) is 3.97. The van der Waals surface area contributed by atoms with Gasteiger partial charge in [-0.3, -0.25) is 4.79 Å². The van der Waals surface area contributed by atoms with Crippen molar-refractivity contribution >= 4 is 27.4 Å². The van der Waals surface area contributed by atoms with E-state index in [1.807, 2.05) is 0 Å². The Morgan fingerprint density at radius 3 is 2.39 bits per heavy atom. The molecular weight excluding hydrogens is 278 g/mol. The highest BCUT2D eigenvalue weighted by Crippen LogP contribution is 2.52. The number of aliphatic carboxylic acids is 1. The molecular formula is C11H8ClNO4S. The van der Waals surface area contributed by atoms with Crippen LogP contribution >= 0.6 is 11.6 Å². The van der Waals surface area contributed by atoms with Crippen molar-refractivity contribution in [3.63, 3.8) is 0 Å². The van der Waals surface area contributed by atoms with Crippen LogP contribution in [0.5, 0.6) is 0 Å². The lowest BCUT2D eigenvalue weighted by Crippen LogP contribution is -2.22. The van der Waals surface area contributed by atoms with E-state index in [1.54, 1.807) is 6.07 Å². The lowest BCUT2D eigenvalue weighted by molar-refractivity contribution is -0.141.